The van der Waals surface area contributed by atoms with E-state index in [0.717, 1.165) is 49.8 Å². The first kappa shape index (κ1) is 21.5. The van der Waals surface area contributed by atoms with Gasteiger partial charge in [-0.05, 0) is 36.6 Å². The normalized spacial score (nSPS) is 17.5. The van der Waals surface area contributed by atoms with Gasteiger partial charge in [-0.2, -0.15) is 4.31 Å². The molecule has 0 atom stereocenters. The van der Waals surface area contributed by atoms with Gasteiger partial charge in [-0.1, -0.05) is 62.1 Å². The first-order valence-corrected chi connectivity index (χ1v) is 11.9. The Bertz CT molecular complexity index is 913. The van der Waals surface area contributed by atoms with E-state index in [1.54, 1.807) is 40.4 Å². The zero-order chi connectivity index (χ0) is 20.7. The maximum absolute atomic E-state index is 13.3. The summed E-state index contributed by atoms with van der Waals surface area (Å²) in [5.41, 5.74) is 1.67. The molecule has 1 amide bonds. The molecule has 29 heavy (non-hydrogen) atoms. The Labute approximate surface area is 174 Å². The van der Waals surface area contributed by atoms with Gasteiger partial charge in [0.25, 0.3) is 0 Å². The van der Waals surface area contributed by atoms with E-state index in [4.69, 9.17) is 0 Å². The Morgan fingerprint density at radius 2 is 1.38 bits per heavy atom. The molecule has 1 aliphatic rings. The second-order valence-corrected chi connectivity index (χ2v) is 9.51. The van der Waals surface area contributed by atoms with Gasteiger partial charge in [-0.15, -0.1) is 0 Å². The molecule has 0 spiro atoms. The highest BCUT2D eigenvalue weighted by molar-refractivity contribution is 7.89. The maximum Gasteiger partial charge on any atom is 0.243 e. The van der Waals surface area contributed by atoms with E-state index in [1.165, 1.54) is 0 Å². The molecule has 1 heterocycles. The molecule has 3 rings (SSSR count). The Hall–Kier alpha value is -2.18. The fourth-order valence-corrected chi connectivity index (χ4v) is 5.31. The number of hydrogen-bond acceptors (Lipinski definition) is 3. The van der Waals surface area contributed by atoms with E-state index in [-0.39, 0.29) is 12.5 Å². The van der Waals surface area contributed by atoms with Gasteiger partial charge in [0.1, 0.15) is 0 Å². The number of rotatable bonds is 2. The van der Waals surface area contributed by atoms with Crippen molar-refractivity contribution in [3.63, 3.8) is 0 Å². The van der Waals surface area contributed by atoms with Crippen LogP contribution in [0.3, 0.4) is 0 Å². The molecule has 156 valence electrons. The van der Waals surface area contributed by atoms with Crippen molar-refractivity contribution >= 4 is 21.6 Å². The molecular weight excluding hydrogens is 384 g/mol. The predicted molar refractivity (Wildman–Crippen MR) is 116 cm³/mol. The van der Waals surface area contributed by atoms with E-state index in [0.29, 0.717) is 18.0 Å². The van der Waals surface area contributed by atoms with Gasteiger partial charge in [-0.25, -0.2) is 8.42 Å². The number of benzene rings is 2. The zero-order valence-corrected chi connectivity index (χ0v) is 17.9. The fourth-order valence-electron chi connectivity index (χ4n) is 3.84. The summed E-state index contributed by atoms with van der Waals surface area (Å²) in [5, 5.41) is 0. The molecule has 0 fully saturated rings. The minimum atomic E-state index is -3.61. The largest absolute Gasteiger partial charge is 0.312 e. The third-order valence-corrected chi connectivity index (χ3v) is 7.29. The lowest BCUT2D eigenvalue weighted by Gasteiger charge is -2.27. The first-order valence-electron chi connectivity index (χ1n) is 10.4. The summed E-state index contributed by atoms with van der Waals surface area (Å²) in [4.78, 5) is 14.4. The lowest BCUT2D eigenvalue weighted by molar-refractivity contribution is -0.116. The highest BCUT2D eigenvalue weighted by Gasteiger charge is 2.26. The Morgan fingerprint density at radius 3 is 2.07 bits per heavy atom. The van der Waals surface area contributed by atoms with Crippen LogP contribution >= 0.6 is 0 Å². The van der Waals surface area contributed by atoms with Crippen molar-refractivity contribution in [2.75, 3.05) is 18.0 Å². The van der Waals surface area contributed by atoms with Crippen LogP contribution in [0.15, 0.2) is 59.5 Å². The minimum Gasteiger partial charge on any atom is -0.312 e. The predicted octanol–water partition coefficient (Wildman–Crippen LogP) is 4.58. The van der Waals surface area contributed by atoms with Crippen LogP contribution in [0.1, 0.15) is 51.0 Å². The number of carbonyl (C=O) groups is 1. The molecular formula is C23H30N2O3S. The van der Waals surface area contributed by atoms with Crippen LogP contribution in [0.5, 0.6) is 0 Å². The molecule has 0 N–H and O–H groups in total. The molecule has 0 saturated carbocycles. The van der Waals surface area contributed by atoms with Gasteiger partial charge in [-0.3, -0.25) is 4.79 Å². The van der Waals surface area contributed by atoms with Crippen molar-refractivity contribution in [3.8, 4) is 0 Å². The van der Waals surface area contributed by atoms with E-state index in [9.17, 15) is 13.2 Å². The van der Waals surface area contributed by atoms with Crippen LogP contribution in [0.25, 0.3) is 0 Å². The molecule has 0 bridgehead atoms. The number of para-hydroxylation sites is 1. The van der Waals surface area contributed by atoms with Crippen LogP contribution in [0.2, 0.25) is 0 Å². The van der Waals surface area contributed by atoms with Crippen molar-refractivity contribution < 1.29 is 13.2 Å². The quantitative estimate of drug-likeness (QED) is 0.722. The third-order valence-electron chi connectivity index (χ3n) is 5.43. The summed E-state index contributed by atoms with van der Waals surface area (Å²) < 4.78 is 28.3. The van der Waals surface area contributed by atoms with Gasteiger partial charge < -0.3 is 4.90 Å². The number of hydrogen-bond donors (Lipinski definition) is 0. The van der Waals surface area contributed by atoms with Crippen LogP contribution in [-0.2, 0) is 21.4 Å². The summed E-state index contributed by atoms with van der Waals surface area (Å²) >= 11 is 0. The molecule has 0 aromatic heterocycles. The standard InChI is InChI=1S/C23H30N2O3S/c1-20(26)25-18-12-5-3-2-4-11-17-24(19-21-13-9-10-16-23(21)25)29(27,28)22-14-7-6-8-15-22/h6-10,13-16H,2-5,11-12,17-19H2,1H3. The van der Waals surface area contributed by atoms with Crippen LogP contribution in [-0.4, -0.2) is 31.7 Å². The number of fused-ring (bicyclic) bond motifs is 1. The number of carbonyl (C=O) groups excluding carboxylic acids is 1. The third kappa shape index (κ3) is 5.46. The van der Waals surface area contributed by atoms with Crippen LogP contribution in [0, 0.1) is 0 Å². The van der Waals surface area contributed by atoms with Gasteiger partial charge in [0.2, 0.25) is 15.9 Å². The molecule has 5 nitrogen and oxygen atoms in total. The van der Waals surface area contributed by atoms with Gasteiger partial charge in [0, 0.05) is 32.2 Å². The van der Waals surface area contributed by atoms with Crippen molar-refractivity contribution in [1.82, 2.24) is 4.31 Å². The topological polar surface area (TPSA) is 57.7 Å². The molecule has 0 radical (unpaired) electrons. The van der Waals surface area contributed by atoms with Gasteiger partial charge in [0.15, 0.2) is 0 Å². The summed E-state index contributed by atoms with van der Waals surface area (Å²) in [5.74, 6) is -0.00946. The number of sulfonamides is 1. The Kier molecular flexibility index (Phi) is 7.45. The van der Waals surface area contributed by atoms with Crippen molar-refractivity contribution in [2.24, 2.45) is 0 Å². The second kappa shape index (κ2) is 10.0. The van der Waals surface area contributed by atoms with E-state index in [2.05, 4.69) is 0 Å². The lowest BCUT2D eigenvalue weighted by atomic mass is 10.1. The Morgan fingerprint density at radius 1 is 0.793 bits per heavy atom. The summed E-state index contributed by atoms with van der Waals surface area (Å²) in [7, 11) is -3.61. The maximum atomic E-state index is 13.3. The lowest BCUT2D eigenvalue weighted by Crippen LogP contribution is -2.34. The highest BCUT2D eigenvalue weighted by Crippen LogP contribution is 2.27. The summed E-state index contributed by atoms with van der Waals surface area (Å²) in [6.07, 6.45) is 6.09. The molecule has 2 aromatic rings. The van der Waals surface area contributed by atoms with Crippen LogP contribution < -0.4 is 4.90 Å². The minimum absolute atomic E-state index is 0.00946. The summed E-state index contributed by atoms with van der Waals surface area (Å²) in [6, 6.07) is 16.3. The number of anilines is 1. The molecule has 0 aliphatic carbocycles. The zero-order valence-electron chi connectivity index (χ0n) is 17.1. The fraction of sp³-hybridized carbons (Fsp3) is 0.435. The highest BCUT2D eigenvalue weighted by atomic mass is 32.2. The molecule has 1 aliphatic heterocycles. The van der Waals surface area contributed by atoms with Crippen LogP contribution in [0.4, 0.5) is 5.69 Å². The van der Waals surface area contributed by atoms with Crippen molar-refractivity contribution in [3.05, 3.63) is 60.2 Å². The van der Waals surface area contributed by atoms with Gasteiger partial charge in [0.05, 0.1) is 4.90 Å². The second-order valence-electron chi connectivity index (χ2n) is 7.57. The van der Waals surface area contributed by atoms with Gasteiger partial charge >= 0.3 is 0 Å². The van der Waals surface area contributed by atoms with Crippen molar-refractivity contribution in [2.45, 2.75) is 56.9 Å². The summed E-state index contributed by atoms with van der Waals surface area (Å²) in [6.45, 7) is 2.98. The SMILES string of the molecule is CC(=O)N1CCCCCCCCN(S(=O)(=O)c2ccccc2)Cc2ccccc21. The number of nitrogens with zero attached hydrogens (tertiary/aromatic N) is 2. The Balaban J connectivity index is 1.99. The average molecular weight is 415 g/mol. The molecule has 0 saturated heterocycles. The van der Waals surface area contributed by atoms with E-state index in [1.807, 2.05) is 30.3 Å². The number of amides is 1. The first-order chi connectivity index (χ1) is 14.0. The van der Waals surface area contributed by atoms with E-state index >= 15 is 0 Å². The molecule has 2 aromatic carbocycles. The molecule has 0 unspecified atom stereocenters. The smallest absolute Gasteiger partial charge is 0.243 e. The van der Waals surface area contributed by atoms with E-state index < -0.39 is 10.0 Å². The van der Waals surface area contributed by atoms with Crippen molar-refractivity contribution in [1.29, 1.82) is 0 Å². The molecule has 6 heteroatoms. The monoisotopic (exact) mass is 414 g/mol. The average Bonchev–Trinajstić information content (AvgIpc) is 2.74.